The van der Waals surface area contributed by atoms with Gasteiger partial charge in [0.25, 0.3) is 5.91 Å². The molecule has 2 aliphatic heterocycles. The number of hydrogen-bond donors (Lipinski definition) is 3. The van der Waals surface area contributed by atoms with E-state index in [2.05, 4.69) is 65.5 Å². The first kappa shape index (κ1) is 47.0. The highest BCUT2D eigenvalue weighted by Crippen LogP contribution is 2.75. The number of carboxylic acids is 1. The van der Waals surface area contributed by atoms with E-state index >= 15 is 0 Å². The van der Waals surface area contributed by atoms with Crippen LogP contribution in [0.25, 0.3) is 0 Å². The van der Waals surface area contributed by atoms with Crippen molar-refractivity contribution in [2.75, 3.05) is 39.6 Å². The van der Waals surface area contributed by atoms with E-state index in [1.54, 1.807) is 24.3 Å². The van der Waals surface area contributed by atoms with Gasteiger partial charge in [0, 0.05) is 37.7 Å². The van der Waals surface area contributed by atoms with Gasteiger partial charge in [0.15, 0.2) is 18.1 Å². The van der Waals surface area contributed by atoms with E-state index in [1.807, 2.05) is 17.0 Å². The summed E-state index contributed by atoms with van der Waals surface area (Å²) in [7, 11) is 0. The Morgan fingerprint density at radius 1 is 0.823 bits per heavy atom. The summed E-state index contributed by atoms with van der Waals surface area (Å²) in [4.78, 5) is 29.3. The number of ether oxygens (including phenoxy) is 3. The molecule has 0 bridgehead atoms. The molecule has 0 radical (unpaired) electrons. The number of fused-ring (bicyclic) bond motifs is 8. The number of benzene rings is 2. The maximum Gasteiger partial charge on any atom is 0.312 e. The highest BCUT2D eigenvalue weighted by atomic mass is 35.5. The fourth-order valence-corrected chi connectivity index (χ4v) is 14.1. The number of aliphatic carboxylic acids is 1. The SMILES string of the molecule is CC1(C)CCC2(C(=O)O)C(O)CC3(C)C(=CCC4C5(C)CCC(O)C(C)(C)C5CCC43C)C2C1.Cl.O=C(COc1ccc(Cl)cc1)N1CCN(Cc2ccc3c(c2)OCO3)CC1. The fourth-order valence-electron chi connectivity index (χ4n) is 13.9. The van der Waals surface area contributed by atoms with Crippen molar-refractivity contribution in [3.05, 3.63) is 64.7 Å². The molecule has 1 amide bonds. The van der Waals surface area contributed by atoms with Crippen LogP contribution in [0.4, 0.5) is 0 Å². The molecule has 62 heavy (non-hydrogen) atoms. The van der Waals surface area contributed by atoms with Crippen LogP contribution in [0.2, 0.25) is 5.02 Å². The Hall–Kier alpha value is -3.02. The third kappa shape index (κ3) is 7.94. The zero-order valence-corrected chi connectivity index (χ0v) is 39.5. The lowest BCUT2D eigenvalue weighted by Crippen LogP contribution is -2.67. The van der Waals surface area contributed by atoms with Crippen LogP contribution in [-0.2, 0) is 16.1 Å². The van der Waals surface area contributed by atoms with Crippen LogP contribution in [0.5, 0.6) is 17.2 Å². The van der Waals surface area contributed by atoms with Gasteiger partial charge in [-0.2, -0.15) is 0 Å². The van der Waals surface area contributed by atoms with Crippen molar-refractivity contribution in [2.24, 2.45) is 50.2 Å². The number of hydrogen-bond acceptors (Lipinski definition) is 8. The number of allylic oxidation sites excluding steroid dienone is 2. The molecule has 0 spiro atoms. The lowest BCUT2D eigenvalue weighted by atomic mass is 9.33. The van der Waals surface area contributed by atoms with Crippen LogP contribution >= 0.6 is 24.0 Å². The van der Waals surface area contributed by atoms with Gasteiger partial charge in [-0.05, 0) is 145 Å². The van der Waals surface area contributed by atoms with Crippen molar-refractivity contribution in [3.63, 3.8) is 0 Å². The number of piperazine rings is 1. The van der Waals surface area contributed by atoms with Gasteiger partial charge in [-0.25, -0.2) is 0 Å². The largest absolute Gasteiger partial charge is 0.484 e. The molecule has 3 N–H and O–H groups in total. The molecule has 342 valence electrons. The van der Waals surface area contributed by atoms with E-state index in [0.29, 0.717) is 48.5 Å². The van der Waals surface area contributed by atoms with Crippen molar-refractivity contribution in [2.45, 2.75) is 125 Å². The molecule has 5 aliphatic carbocycles. The van der Waals surface area contributed by atoms with Crippen LogP contribution in [0, 0.1) is 50.2 Å². The number of aliphatic hydroxyl groups excluding tert-OH is 2. The van der Waals surface area contributed by atoms with Crippen molar-refractivity contribution in [3.8, 4) is 17.2 Å². The van der Waals surface area contributed by atoms with Gasteiger partial charge in [-0.3, -0.25) is 14.5 Å². The number of amides is 1. The van der Waals surface area contributed by atoms with Crippen LogP contribution in [-0.4, -0.2) is 88.8 Å². The number of halogens is 2. The summed E-state index contributed by atoms with van der Waals surface area (Å²) < 4.78 is 16.3. The van der Waals surface area contributed by atoms with Crippen LogP contribution in [0.15, 0.2) is 54.1 Å². The minimum atomic E-state index is -1.04. The molecule has 5 fully saturated rings. The van der Waals surface area contributed by atoms with E-state index in [4.69, 9.17) is 25.8 Å². The summed E-state index contributed by atoms with van der Waals surface area (Å²) in [6.07, 6.45) is 9.35. The highest BCUT2D eigenvalue weighted by Gasteiger charge is 2.71. The van der Waals surface area contributed by atoms with Crippen LogP contribution in [0.1, 0.15) is 112 Å². The molecule has 9 unspecified atom stereocenters. The molecule has 9 rings (SSSR count). The lowest BCUT2D eigenvalue weighted by Gasteiger charge is -2.71. The van der Waals surface area contributed by atoms with Gasteiger partial charge >= 0.3 is 5.97 Å². The Morgan fingerprint density at radius 3 is 2.21 bits per heavy atom. The van der Waals surface area contributed by atoms with Crippen LogP contribution < -0.4 is 14.2 Å². The smallest absolute Gasteiger partial charge is 0.312 e. The second-order valence-electron chi connectivity index (χ2n) is 21.7. The number of carbonyl (C=O) groups excluding carboxylic acids is 1. The zero-order chi connectivity index (χ0) is 43.8. The standard InChI is InChI=1S/C30H48O4.C20H21ClN2O4.ClH/c1-25(2)14-15-30(24(33)34)19(16-25)18-8-9-21-27(5)12-11-22(31)26(3,4)20(27)10-13-28(21,6)29(18,7)17-23(30)32;21-16-2-4-17(5-3-16)25-13-20(24)23-9-7-22(8-10-23)12-15-1-6-18-19(11-15)27-14-26-18;/h8,19-23,31-32H,9-17H2,1-7H3,(H,33,34);1-6,11H,7-10,12-14H2;1H. The molecule has 2 aromatic carbocycles. The molecule has 7 aliphatic rings. The van der Waals surface area contributed by atoms with Crippen molar-refractivity contribution in [1.82, 2.24) is 9.80 Å². The summed E-state index contributed by atoms with van der Waals surface area (Å²) in [5, 5.41) is 33.7. The summed E-state index contributed by atoms with van der Waals surface area (Å²) in [6.45, 7) is 20.6. The Kier molecular flexibility index (Phi) is 12.9. The monoisotopic (exact) mass is 896 g/mol. The first-order valence-electron chi connectivity index (χ1n) is 22.8. The predicted octanol–water partition coefficient (Wildman–Crippen LogP) is 9.42. The van der Waals surface area contributed by atoms with Gasteiger partial charge in [-0.1, -0.05) is 77.8 Å². The quantitative estimate of drug-likeness (QED) is 0.243. The topological polar surface area (TPSA) is 129 Å². The van der Waals surface area contributed by atoms with Crippen molar-refractivity contribution in [1.29, 1.82) is 0 Å². The first-order chi connectivity index (χ1) is 28.7. The second kappa shape index (κ2) is 17.1. The molecule has 0 aromatic heterocycles. The average molecular weight is 898 g/mol. The molecule has 12 heteroatoms. The summed E-state index contributed by atoms with van der Waals surface area (Å²) in [5.41, 5.74) is 1.48. The maximum absolute atomic E-state index is 12.8. The van der Waals surface area contributed by atoms with Crippen molar-refractivity contribution >= 4 is 35.9 Å². The van der Waals surface area contributed by atoms with E-state index in [0.717, 1.165) is 76.1 Å². The van der Waals surface area contributed by atoms with E-state index in [1.165, 1.54) is 11.1 Å². The fraction of sp³-hybridized carbons (Fsp3) is 0.680. The second-order valence-corrected chi connectivity index (χ2v) is 22.2. The molecule has 10 nitrogen and oxygen atoms in total. The number of aliphatic hydroxyl groups is 2. The van der Waals surface area contributed by atoms with E-state index in [9.17, 15) is 24.9 Å². The molecule has 9 atom stereocenters. The van der Waals surface area contributed by atoms with E-state index < -0.39 is 17.5 Å². The van der Waals surface area contributed by atoms with Gasteiger partial charge in [0.2, 0.25) is 6.79 Å². The van der Waals surface area contributed by atoms with Gasteiger partial charge in [0.1, 0.15) is 11.2 Å². The number of carbonyl (C=O) groups is 2. The molecular formula is C50H70Cl2N2O8. The summed E-state index contributed by atoms with van der Waals surface area (Å²) in [6, 6.07) is 13.1. The molecule has 2 heterocycles. The Labute approximate surface area is 380 Å². The predicted molar refractivity (Wildman–Crippen MR) is 243 cm³/mol. The minimum Gasteiger partial charge on any atom is -0.484 e. The third-order valence-corrected chi connectivity index (χ3v) is 18.1. The molecular weight excluding hydrogens is 827 g/mol. The molecule has 1 saturated heterocycles. The van der Waals surface area contributed by atoms with Gasteiger partial charge in [0.05, 0.1) is 12.2 Å². The van der Waals surface area contributed by atoms with Crippen LogP contribution in [0.3, 0.4) is 0 Å². The minimum absolute atomic E-state index is 0. The molecule has 2 aromatic rings. The van der Waals surface area contributed by atoms with E-state index in [-0.39, 0.29) is 70.8 Å². The Balaban J connectivity index is 0.000000188. The average Bonchev–Trinajstić information content (AvgIpc) is 3.68. The normalized spacial score (nSPS) is 36.5. The lowest BCUT2D eigenvalue weighted by molar-refractivity contribution is -0.218. The third-order valence-electron chi connectivity index (χ3n) is 17.8. The number of nitrogens with zero attached hydrogens (tertiary/aromatic N) is 2. The van der Waals surface area contributed by atoms with Crippen molar-refractivity contribution < 1.29 is 39.1 Å². The maximum atomic E-state index is 12.8. The Morgan fingerprint density at radius 2 is 1.52 bits per heavy atom. The molecule has 4 saturated carbocycles. The number of rotatable bonds is 6. The van der Waals surface area contributed by atoms with Gasteiger partial charge < -0.3 is 34.4 Å². The summed E-state index contributed by atoms with van der Waals surface area (Å²) >= 11 is 5.85. The highest BCUT2D eigenvalue weighted by molar-refractivity contribution is 6.30. The number of carboxylic acid groups (broad SMARTS) is 1. The summed E-state index contributed by atoms with van der Waals surface area (Å²) in [5.74, 6) is 2.35. The van der Waals surface area contributed by atoms with Gasteiger partial charge in [-0.15, -0.1) is 12.4 Å². The first-order valence-corrected chi connectivity index (χ1v) is 23.2. The Bertz CT molecular complexity index is 2020. The zero-order valence-electron chi connectivity index (χ0n) is 37.9.